The number of hydrogen-bond acceptors (Lipinski definition) is 5. The summed E-state index contributed by atoms with van der Waals surface area (Å²) in [7, 11) is 0. The van der Waals surface area contributed by atoms with Crippen molar-refractivity contribution in [2.75, 3.05) is 6.54 Å². The van der Waals surface area contributed by atoms with E-state index in [1.54, 1.807) is 12.1 Å². The summed E-state index contributed by atoms with van der Waals surface area (Å²) in [5, 5.41) is 14.2. The Morgan fingerprint density at radius 3 is 2.62 bits per heavy atom. The molecule has 0 aliphatic carbocycles. The maximum Gasteiger partial charge on any atom is 0.244 e. The fraction of sp³-hybridized carbons (Fsp3) is 0.300. The molecule has 26 heavy (non-hydrogen) atoms. The summed E-state index contributed by atoms with van der Waals surface area (Å²) in [5.41, 5.74) is 3.09. The molecule has 2 aromatic carbocycles. The van der Waals surface area contributed by atoms with Crippen LogP contribution < -0.4 is 0 Å². The normalized spacial score (nSPS) is 20.6. The first-order valence-corrected chi connectivity index (χ1v) is 8.66. The van der Waals surface area contributed by atoms with E-state index in [1.165, 1.54) is 23.3 Å². The minimum absolute atomic E-state index is 0.131. The van der Waals surface area contributed by atoms with Crippen molar-refractivity contribution < 1.29 is 14.0 Å². The zero-order valence-corrected chi connectivity index (χ0v) is 14.5. The van der Waals surface area contributed by atoms with E-state index in [9.17, 15) is 9.50 Å². The van der Waals surface area contributed by atoms with Gasteiger partial charge in [-0.25, -0.2) is 4.39 Å². The number of aryl methyl sites for hydroxylation is 1. The zero-order chi connectivity index (χ0) is 18.1. The summed E-state index contributed by atoms with van der Waals surface area (Å²) in [5.74, 6) is 0.602. The first-order valence-electron chi connectivity index (χ1n) is 8.66. The number of likely N-dealkylation sites (tertiary alicyclic amines) is 1. The molecule has 1 aromatic heterocycles. The van der Waals surface area contributed by atoms with E-state index in [1.807, 2.05) is 0 Å². The lowest BCUT2D eigenvalue weighted by molar-refractivity contribution is 0.169. The van der Waals surface area contributed by atoms with E-state index in [4.69, 9.17) is 4.52 Å². The molecule has 0 saturated carbocycles. The Kier molecular flexibility index (Phi) is 4.53. The van der Waals surface area contributed by atoms with Crippen LogP contribution >= 0.6 is 0 Å². The largest absolute Gasteiger partial charge is 0.392 e. The highest BCUT2D eigenvalue weighted by atomic mass is 19.1. The van der Waals surface area contributed by atoms with Crippen molar-refractivity contribution in [2.45, 2.75) is 32.0 Å². The van der Waals surface area contributed by atoms with Crippen molar-refractivity contribution in [1.82, 2.24) is 15.0 Å². The lowest BCUT2D eigenvalue weighted by atomic mass is 10.1. The highest BCUT2D eigenvalue weighted by Crippen LogP contribution is 2.33. The summed E-state index contributed by atoms with van der Waals surface area (Å²) in [4.78, 5) is 6.63. The van der Waals surface area contributed by atoms with Crippen LogP contribution in [-0.4, -0.2) is 32.8 Å². The SMILES string of the molecule is Cc1ccc(CN2C[C@H](O)C[C@H]2c2nc(-c3ccc(F)cc3)no2)cc1. The van der Waals surface area contributed by atoms with Gasteiger partial charge in [0.25, 0.3) is 0 Å². The van der Waals surface area contributed by atoms with Crippen molar-refractivity contribution in [2.24, 2.45) is 0 Å². The van der Waals surface area contributed by atoms with Crippen LogP contribution in [0.1, 0.15) is 29.5 Å². The van der Waals surface area contributed by atoms with Gasteiger partial charge in [0.15, 0.2) is 0 Å². The van der Waals surface area contributed by atoms with Crippen LogP contribution in [0, 0.1) is 12.7 Å². The molecule has 5 nitrogen and oxygen atoms in total. The molecule has 1 aliphatic heterocycles. The van der Waals surface area contributed by atoms with Crippen LogP contribution in [-0.2, 0) is 6.54 Å². The molecule has 1 aliphatic rings. The number of benzene rings is 2. The van der Waals surface area contributed by atoms with Crippen molar-refractivity contribution in [3.63, 3.8) is 0 Å². The predicted octanol–water partition coefficient (Wildman–Crippen LogP) is 3.49. The van der Waals surface area contributed by atoms with Gasteiger partial charge >= 0.3 is 0 Å². The monoisotopic (exact) mass is 353 g/mol. The Hall–Kier alpha value is -2.57. The van der Waals surface area contributed by atoms with Crippen LogP contribution in [0.4, 0.5) is 4.39 Å². The number of rotatable bonds is 4. The van der Waals surface area contributed by atoms with Gasteiger partial charge in [0.1, 0.15) is 5.82 Å². The molecule has 134 valence electrons. The molecule has 0 amide bonds. The quantitative estimate of drug-likeness (QED) is 0.778. The summed E-state index contributed by atoms with van der Waals surface area (Å²) < 4.78 is 18.5. The van der Waals surface area contributed by atoms with Gasteiger partial charge in [-0.1, -0.05) is 35.0 Å². The molecular formula is C20H20FN3O2. The second-order valence-corrected chi connectivity index (χ2v) is 6.78. The number of aliphatic hydroxyl groups is 1. The maximum atomic E-state index is 13.1. The topological polar surface area (TPSA) is 62.4 Å². The number of nitrogens with zero attached hydrogens (tertiary/aromatic N) is 3. The van der Waals surface area contributed by atoms with E-state index in [-0.39, 0.29) is 11.9 Å². The molecule has 1 N–H and O–H groups in total. The van der Waals surface area contributed by atoms with E-state index < -0.39 is 6.10 Å². The van der Waals surface area contributed by atoms with Crippen molar-refractivity contribution in [3.8, 4) is 11.4 Å². The smallest absolute Gasteiger partial charge is 0.244 e. The molecule has 1 fully saturated rings. The van der Waals surface area contributed by atoms with Crippen LogP contribution in [0.5, 0.6) is 0 Å². The Labute approximate surface area is 151 Å². The average Bonchev–Trinajstić information content (AvgIpc) is 3.24. The Balaban J connectivity index is 1.55. The zero-order valence-electron chi connectivity index (χ0n) is 14.5. The van der Waals surface area contributed by atoms with Gasteiger partial charge in [-0.2, -0.15) is 4.98 Å². The van der Waals surface area contributed by atoms with E-state index in [0.717, 1.165) is 0 Å². The molecule has 2 atom stereocenters. The van der Waals surface area contributed by atoms with Gasteiger partial charge < -0.3 is 9.63 Å². The summed E-state index contributed by atoms with van der Waals surface area (Å²) >= 11 is 0. The second kappa shape index (κ2) is 6.97. The Morgan fingerprint density at radius 1 is 1.15 bits per heavy atom. The Morgan fingerprint density at radius 2 is 1.88 bits per heavy atom. The van der Waals surface area contributed by atoms with Crippen molar-refractivity contribution in [3.05, 3.63) is 71.4 Å². The summed E-state index contributed by atoms with van der Waals surface area (Å²) in [6, 6.07) is 14.2. The Bertz CT molecular complexity index is 877. The third-order valence-electron chi connectivity index (χ3n) is 4.72. The van der Waals surface area contributed by atoms with Gasteiger partial charge in [-0.05, 0) is 43.2 Å². The number of halogens is 1. The highest BCUT2D eigenvalue weighted by molar-refractivity contribution is 5.53. The maximum absolute atomic E-state index is 13.1. The molecule has 0 bridgehead atoms. The average molecular weight is 353 g/mol. The van der Waals surface area contributed by atoms with Gasteiger partial charge in [0.2, 0.25) is 11.7 Å². The van der Waals surface area contributed by atoms with Crippen LogP contribution in [0.3, 0.4) is 0 Å². The molecule has 2 heterocycles. The van der Waals surface area contributed by atoms with E-state index in [2.05, 4.69) is 46.2 Å². The first-order chi connectivity index (χ1) is 12.6. The van der Waals surface area contributed by atoms with E-state index >= 15 is 0 Å². The number of β-amino-alcohol motifs (C(OH)–C–C–N with tert-alkyl or cyclic N) is 1. The molecule has 3 aromatic rings. The van der Waals surface area contributed by atoms with Crippen molar-refractivity contribution in [1.29, 1.82) is 0 Å². The first kappa shape index (κ1) is 16.9. The fourth-order valence-electron chi connectivity index (χ4n) is 3.33. The third-order valence-corrected chi connectivity index (χ3v) is 4.72. The molecule has 0 radical (unpaired) electrons. The van der Waals surface area contributed by atoms with Gasteiger partial charge in [0.05, 0.1) is 12.1 Å². The molecular weight excluding hydrogens is 333 g/mol. The highest BCUT2D eigenvalue weighted by Gasteiger charge is 2.35. The fourth-order valence-corrected chi connectivity index (χ4v) is 3.33. The van der Waals surface area contributed by atoms with Crippen LogP contribution in [0.15, 0.2) is 53.1 Å². The van der Waals surface area contributed by atoms with Crippen LogP contribution in [0.2, 0.25) is 0 Å². The molecule has 6 heteroatoms. The standard InChI is InChI=1S/C20H20FN3O2/c1-13-2-4-14(5-3-13)11-24-12-17(25)10-18(24)20-22-19(23-26-20)15-6-8-16(21)9-7-15/h2-9,17-18,25H,10-12H2,1H3/t17-,18+/m1/s1. The van der Waals surface area contributed by atoms with E-state index in [0.29, 0.717) is 36.8 Å². The van der Waals surface area contributed by atoms with Gasteiger partial charge in [-0.3, -0.25) is 4.90 Å². The lowest BCUT2D eigenvalue weighted by Crippen LogP contribution is -2.24. The summed E-state index contributed by atoms with van der Waals surface area (Å²) in [6.45, 7) is 3.32. The molecule has 4 rings (SSSR count). The number of hydrogen-bond donors (Lipinski definition) is 1. The third kappa shape index (κ3) is 3.52. The lowest BCUT2D eigenvalue weighted by Gasteiger charge is -2.21. The van der Waals surface area contributed by atoms with Gasteiger partial charge in [0, 0.05) is 18.7 Å². The minimum Gasteiger partial charge on any atom is -0.392 e. The predicted molar refractivity (Wildman–Crippen MR) is 94.6 cm³/mol. The van der Waals surface area contributed by atoms with Crippen LogP contribution in [0.25, 0.3) is 11.4 Å². The number of aliphatic hydroxyl groups excluding tert-OH is 1. The van der Waals surface area contributed by atoms with Crippen molar-refractivity contribution >= 4 is 0 Å². The minimum atomic E-state index is -0.424. The molecule has 0 unspecified atom stereocenters. The summed E-state index contributed by atoms with van der Waals surface area (Å²) in [6.07, 6.45) is 0.128. The molecule has 0 spiro atoms. The second-order valence-electron chi connectivity index (χ2n) is 6.78. The van der Waals surface area contributed by atoms with Gasteiger partial charge in [-0.15, -0.1) is 0 Å². The number of aromatic nitrogens is 2. The molecule has 1 saturated heterocycles.